The zero-order valence-corrected chi connectivity index (χ0v) is 18.1. The maximum Gasteiger partial charge on any atom is 0.241 e. The largest absolute Gasteiger partial charge is 0.468 e. The number of hydrogen-bond acceptors (Lipinski definition) is 5. The summed E-state index contributed by atoms with van der Waals surface area (Å²) in [4.78, 5) is 13.3. The Bertz CT molecular complexity index is 881. The summed E-state index contributed by atoms with van der Waals surface area (Å²) in [7, 11) is -3.90. The van der Waals surface area contributed by atoms with E-state index in [1.807, 2.05) is 20.8 Å². The Morgan fingerprint density at radius 3 is 2.31 bits per heavy atom. The number of amides is 1. The van der Waals surface area contributed by atoms with Crippen LogP contribution in [0.25, 0.3) is 0 Å². The first kappa shape index (κ1) is 23.1. The molecule has 1 heterocycles. The number of rotatable bonds is 10. The van der Waals surface area contributed by atoms with E-state index in [4.69, 9.17) is 4.42 Å². The smallest absolute Gasteiger partial charge is 0.241 e. The van der Waals surface area contributed by atoms with Gasteiger partial charge < -0.3 is 14.8 Å². The van der Waals surface area contributed by atoms with Gasteiger partial charge in [0.05, 0.1) is 35.3 Å². The van der Waals surface area contributed by atoms with Gasteiger partial charge in [0.1, 0.15) is 5.76 Å². The fourth-order valence-electron chi connectivity index (χ4n) is 3.03. The lowest BCUT2D eigenvalue weighted by Gasteiger charge is -2.36. The van der Waals surface area contributed by atoms with E-state index in [2.05, 4.69) is 10.0 Å². The van der Waals surface area contributed by atoms with Crippen molar-refractivity contribution in [2.24, 2.45) is 11.3 Å². The quantitative estimate of drug-likeness (QED) is 0.546. The van der Waals surface area contributed by atoms with Gasteiger partial charge in [0.15, 0.2) is 0 Å². The summed E-state index contributed by atoms with van der Waals surface area (Å²) in [5, 5.41) is 12.5. The van der Waals surface area contributed by atoms with E-state index in [-0.39, 0.29) is 23.3 Å². The van der Waals surface area contributed by atoms with E-state index in [0.717, 1.165) is 0 Å². The average Bonchev–Trinajstić information content (AvgIpc) is 3.24. The molecular formula is C21H30N2O5S. The van der Waals surface area contributed by atoms with Crippen LogP contribution >= 0.6 is 0 Å². The Morgan fingerprint density at radius 2 is 1.83 bits per heavy atom. The molecule has 1 amide bonds. The summed E-state index contributed by atoms with van der Waals surface area (Å²) in [6, 6.07) is 9.91. The van der Waals surface area contributed by atoms with Gasteiger partial charge in [-0.15, -0.1) is 0 Å². The molecule has 0 fully saturated rings. The van der Waals surface area contributed by atoms with Crippen molar-refractivity contribution in [2.75, 3.05) is 6.61 Å². The highest BCUT2D eigenvalue weighted by molar-refractivity contribution is 7.89. The molecule has 2 rings (SSSR count). The van der Waals surface area contributed by atoms with Crippen LogP contribution in [0, 0.1) is 11.3 Å². The highest BCUT2D eigenvalue weighted by Crippen LogP contribution is 2.39. The first-order valence-electron chi connectivity index (χ1n) is 9.68. The van der Waals surface area contributed by atoms with Crippen LogP contribution < -0.4 is 10.0 Å². The summed E-state index contributed by atoms with van der Waals surface area (Å²) >= 11 is 0. The summed E-state index contributed by atoms with van der Waals surface area (Å²) in [6.45, 7) is 7.09. The van der Waals surface area contributed by atoms with Crippen molar-refractivity contribution >= 4 is 15.9 Å². The molecule has 160 valence electrons. The molecule has 3 N–H and O–H groups in total. The summed E-state index contributed by atoms with van der Waals surface area (Å²) in [6.07, 6.45) is 1.79. The minimum atomic E-state index is -3.90. The Labute approximate surface area is 172 Å². The SMILES string of the molecule is CC[C@@](C)(C(=O)N[C@H](CO)C(C)C)[C@@H](NS(=O)(=O)c1ccccc1)c1ccco1. The van der Waals surface area contributed by atoms with Gasteiger partial charge in [-0.2, -0.15) is 4.72 Å². The number of hydrogen-bond donors (Lipinski definition) is 3. The first-order chi connectivity index (χ1) is 13.7. The third-order valence-electron chi connectivity index (χ3n) is 5.36. The Hall–Kier alpha value is -2.16. The van der Waals surface area contributed by atoms with Crippen LogP contribution in [0.15, 0.2) is 58.0 Å². The summed E-state index contributed by atoms with van der Waals surface area (Å²) < 4.78 is 34.1. The zero-order chi connectivity index (χ0) is 21.7. The van der Waals surface area contributed by atoms with Gasteiger partial charge >= 0.3 is 0 Å². The van der Waals surface area contributed by atoms with E-state index in [1.165, 1.54) is 18.4 Å². The van der Waals surface area contributed by atoms with Crippen LogP contribution in [0.1, 0.15) is 45.9 Å². The summed E-state index contributed by atoms with van der Waals surface area (Å²) in [5.41, 5.74) is -1.15. The van der Waals surface area contributed by atoms with E-state index < -0.39 is 27.5 Å². The third kappa shape index (κ3) is 5.26. The van der Waals surface area contributed by atoms with Crippen LogP contribution in [0.4, 0.5) is 0 Å². The fourth-order valence-corrected chi connectivity index (χ4v) is 4.37. The topological polar surface area (TPSA) is 109 Å². The van der Waals surface area contributed by atoms with E-state index in [1.54, 1.807) is 37.3 Å². The lowest BCUT2D eigenvalue weighted by molar-refractivity contribution is -0.133. The normalized spacial score (nSPS) is 16.2. The Morgan fingerprint density at radius 1 is 1.17 bits per heavy atom. The van der Waals surface area contributed by atoms with Crippen molar-refractivity contribution in [1.82, 2.24) is 10.0 Å². The number of sulfonamides is 1. The van der Waals surface area contributed by atoms with Gasteiger partial charge in [-0.1, -0.05) is 39.0 Å². The fraction of sp³-hybridized carbons (Fsp3) is 0.476. The molecule has 0 aliphatic heterocycles. The van der Waals surface area contributed by atoms with Crippen LogP contribution in [0.5, 0.6) is 0 Å². The molecule has 0 radical (unpaired) electrons. The van der Waals surface area contributed by atoms with Crippen molar-refractivity contribution in [2.45, 2.75) is 51.1 Å². The molecule has 0 saturated heterocycles. The van der Waals surface area contributed by atoms with Crippen LogP contribution in [-0.2, 0) is 14.8 Å². The molecule has 8 heteroatoms. The van der Waals surface area contributed by atoms with Gasteiger partial charge in [-0.3, -0.25) is 4.79 Å². The molecule has 0 aliphatic carbocycles. The summed E-state index contributed by atoms with van der Waals surface area (Å²) in [5.74, 6) is 0.00661. The van der Waals surface area contributed by atoms with E-state index in [9.17, 15) is 18.3 Å². The molecule has 0 unspecified atom stereocenters. The second-order valence-electron chi connectivity index (χ2n) is 7.66. The predicted molar refractivity (Wildman–Crippen MR) is 110 cm³/mol. The number of nitrogens with one attached hydrogen (secondary N) is 2. The number of aliphatic hydroxyl groups excluding tert-OH is 1. The number of carbonyl (C=O) groups excluding carboxylic acids is 1. The molecule has 2 aromatic rings. The van der Waals surface area contributed by atoms with Crippen LogP contribution in [0.3, 0.4) is 0 Å². The molecule has 1 aromatic heterocycles. The van der Waals surface area contributed by atoms with E-state index >= 15 is 0 Å². The van der Waals surface area contributed by atoms with Gasteiger partial charge in [-0.25, -0.2) is 8.42 Å². The lowest BCUT2D eigenvalue weighted by Crippen LogP contribution is -2.52. The van der Waals surface area contributed by atoms with Crippen molar-refractivity contribution in [3.63, 3.8) is 0 Å². The predicted octanol–water partition coefficient (Wildman–Crippen LogP) is 2.85. The van der Waals surface area contributed by atoms with Crippen molar-refractivity contribution < 1.29 is 22.7 Å². The maximum absolute atomic E-state index is 13.2. The van der Waals surface area contributed by atoms with Gasteiger partial charge in [-0.05, 0) is 43.5 Å². The van der Waals surface area contributed by atoms with Crippen molar-refractivity contribution in [3.05, 3.63) is 54.5 Å². The van der Waals surface area contributed by atoms with Crippen molar-refractivity contribution in [1.29, 1.82) is 0 Å². The Kier molecular flexibility index (Phi) is 7.62. The Balaban J connectivity index is 2.43. The van der Waals surface area contributed by atoms with Crippen molar-refractivity contribution in [3.8, 4) is 0 Å². The van der Waals surface area contributed by atoms with Gasteiger partial charge in [0.25, 0.3) is 0 Å². The standard InChI is InChI=1S/C21H30N2O5S/c1-5-21(4,20(25)22-17(14-24)15(2)3)19(18-12-9-13-28-18)23-29(26,27)16-10-7-6-8-11-16/h6-13,15,17,19,23-24H,5,14H2,1-4H3,(H,22,25)/t17-,19+,21-/m1/s1. The second-order valence-corrected chi connectivity index (χ2v) is 9.37. The van der Waals surface area contributed by atoms with Gasteiger partial charge in [0.2, 0.25) is 15.9 Å². The number of aliphatic hydroxyl groups is 1. The second kappa shape index (κ2) is 9.56. The molecule has 3 atom stereocenters. The number of furan rings is 1. The van der Waals surface area contributed by atoms with E-state index in [0.29, 0.717) is 12.2 Å². The number of benzene rings is 1. The number of carbonyl (C=O) groups is 1. The molecule has 0 bridgehead atoms. The minimum Gasteiger partial charge on any atom is -0.468 e. The third-order valence-corrected chi connectivity index (χ3v) is 6.80. The molecule has 0 spiro atoms. The molecule has 0 saturated carbocycles. The minimum absolute atomic E-state index is 0.0214. The molecule has 29 heavy (non-hydrogen) atoms. The van der Waals surface area contributed by atoms with Crippen LogP contribution in [0.2, 0.25) is 0 Å². The highest BCUT2D eigenvalue weighted by Gasteiger charge is 2.45. The van der Waals surface area contributed by atoms with Gasteiger partial charge in [0, 0.05) is 0 Å². The molecule has 7 nitrogen and oxygen atoms in total. The maximum atomic E-state index is 13.2. The average molecular weight is 423 g/mol. The molecule has 0 aliphatic rings. The van der Waals surface area contributed by atoms with Crippen LogP contribution in [-0.4, -0.2) is 32.1 Å². The first-order valence-corrected chi connectivity index (χ1v) is 11.2. The monoisotopic (exact) mass is 422 g/mol. The highest BCUT2D eigenvalue weighted by atomic mass is 32.2. The molecular weight excluding hydrogens is 392 g/mol. The lowest BCUT2D eigenvalue weighted by atomic mass is 9.77. The molecule has 1 aromatic carbocycles. The zero-order valence-electron chi connectivity index (χ0n) is 17.3.